The van der Waals surface area contributed by atoms with Crippen LogP contribution in [0.25, 0.3) is 22.6 Å². The molecule has 0 amide bonds. The molecule has 3 aromatic carbocycles. The molecule has 29 heavy (non-hydrogen) atoms. The predicted octanol–water partition coefficient (Wildman–Crippen LogP) is 6.35. The van der Waals surface area contributed by atoms with Crippen molar-refractivity contribution in [3.8, 4) is 23.0 Å². The van der Waals surface area contributed by atoms with Gasteiger partial charge in [-0.3, -0.25) is 4.99 Å². The lowest BCUT2D eigenvalue weighted by molar-refractivity contribution is 0.174. The van der Waals surface area contributed by atoms with Gasteiger partial charge >= 0.3 is 0 Å². The molecule has 5 nitrogen and oxygen atoms in total. The maximum atomic E-state index is 5.95. The van der Waals surface area contributed by atoms with Crippen LogP contribution in [0.3, 0.4) is 0 Å². The molecule has 0 aliphatic carbocycles. The first kappa shape index (κ1) is 17.9. The molecule has 1 aliphatic rings. The maximum Gasteiger partial charge on any atom is 0.231 e. The van der Waals surface area contributed by atoms with Gasteiger partial charge in [0.15, 0.2) is 17.1 Å². The van der Waals surface area contributed by atoms with E-state index in [1.54, 1.807) is 6.21 Å². The van der Waals surface area contributed by atoms with E-state index in [0.717, 1.165) is 43.9 Å². The smallest absolute Gasteiger partial charge is 0.231 e. The van der Waals surface area contributed by atoms with Crippen molar-refractivity contribution < 1.29 is 13.9 Å². The van der Waals surface area contributed by atoms with E-state index in [2.05, 4.69) is 58.0 Å². The van der Waals surface area contributed by atoms with E-state index in [9.17, 15) is 0 Å². The normalized spacial score (nSPS) is 12.9. The van der Waals surface area contributed by atoms with E-state index >= 15 is 0 Å². The number of rotatable bonds is 3. The molecule has 0 fully saturated rings. The first-order chi connectivity index (χ1) is 14.0. The summed E-state index contributed by atoms with van der Waals surface area (Å²) in [5.41, 5.74) is 6.56. The van der Waals surface area contributed by atoms with Gasteiger partial charge in [-0.1, -0.05) is 17.2 Å². The van der Waals surface area contributed by atoms with Crippen molar-refractivity contribution in [2.45, 2.75) is 13.8 Å². The summed E-state index contributed by atoms with van der Waals surface area (Å²) in [5.74, 6) is 2.07. The summed E-state index contributed by atoms with van der Waals surface area (Å²) in [6.07, 6.45) is 1.79. The lowest BCUT2D eigenvalue weighted by Crippen LogP contribution is -1.92. The van der Waals surface area contributed by atoms with E-state index in [4.69, 9.17) is 13.9 Å². The first-order valence-corrected chi connectivity index (χ1v) is 9.97. The van der Waals surface area contributed by atoms with Gasteiger partial charge in [-0.2, -0.15) is 0 Å². The number of oxazole rings is 1. The first-order valence-electron chi connectivity index (χ1n) is 9.18. The largest absolute Gasteiger partial charge is 0.454 e. The van der Waals surface area contributed by atoms with Gasteiger partial charge in [0, 0.05) is 21.8 Å². The van der Waals surface area contributed by atoms with Gasteiger partial charge in [-0.05, 0) is 72.2 Å². The third-order valence-corrected chi connectivity index (χ3v) is 5.37. The van der Waals surface area contributed by atoms with Crippen molar-refractivity contribution in [1.29, 1.82) is 0 Å². The molecular formula is C23H17BrN2O3. The predicted molar refractivity (Wildman–Crippen MR) is 116 cm³/mol. The van der Waals surface area contributed by atoms with Gasteiger partial charge < -0.3 is 13.9 Å². The van der Waals surface area contributed by atoms with Crippen molar-refractivity contribution >= 4 is 38.9 Å². The Hall–Kier alpha value is -3.12. The van der Waals surface area contributed by atoms with Crippen molar-refractivity contribution in [3.63, 3.8) is 0 Å². The fourth-order valence-corrected chi connectivity index (χ4v) is 3.82. The van der Waals surface area contributed by atoms with Gasteiger partial charge in [0.25, 0.3) is 0 Å². The van der Waals surface area contributed by atoms with Crippen molar-refractivity contribution in [1.82, 2.24) is 4.98 Å². The molecular weight excluding hydrogens is 432 g/mol. The van der Waals surface area contributed by atoms with Gasteiger partial charge in [-0.15, -0.1) is 0 Å². The molecule has 0 saturated heterocycles. The highest BCUT2D eigenvalue weighted by Gasteiger charge is 2.15. The third-order valence-electron chi connectivity index (χ3n) is 4.68. The van der Waals surface area contributed by atoms with E-state index in [1.807, 2.05) is 30.3 Å². The zero-order chi connectivity index (χ0) is 20.0. The van der Waals surface area contributed by atoms with Crippen molar-refractivity contribution in [2.75, 3.05) is 6.79 Å². The molecule has 0 N–H and O–H groups in total. The number of hydrogen-bond acceptors (Lipinski definition) is 5. The zero-order valence-electron chi connectivity index (χ0n) is 15.9. The molecule has 144 valence electrons. The topological polar surface area (TPSA) is 56.9 Å². The average molecular weight is 449 g/mol. The Morgan fingerprint density at radius 3 is 2.52 bits per heavy atom. The van der Waals surface area contributed by atoms with Crippen LogP contribution in [0.1, 0.15) is 16.7 Å². The van der Waals surface area contributed by atoms with Gasteiger partial charge in [-0.25, -0.2) is 4.98 Å². The second-order valence-electron chi connectivity index (χ2n) is 7.03. The maximum absolute atomic E-state index is 5.95. The number of nitrogens with zero attached hydrogens (tertiary/aromatic N) is 2. The number of halogens is 1. The van der Waals surface area contributed by atoms with Crippen LogP contribution in [0.15, 0.2) is 62.4 Å². The fourth-order valence-electron chi connectivity index (χ4n) is 3.39. The average Bonchev–Trinajstić information content (AvgIpc) is 3.31. The van der Waals surface area contributed by atoms with E-state index < -0.39 is 0 Å². The highest BCUT2D eigenvalue weighted by atomic mass is 79.9. The van der Waals surface area contributed by atoms with Crippen LogP contribution in [-0.2, 0) is 0 Å². The lowest BCUT2D eigenvalue weighted by Gasteiger charge is -2.01. The van der Waals surface area contributed by atoms with Crippen LogP contribution in [0, 0.1) is 13.8 Å². The van der Waals surface area contributed by atoms with Crippen LogP contribution in [-0.4, -0.2) is 18.0 Å². The Kier molecular flexibility index (Phi) is 4.36. The van der Waals surface area contributed by atoms with Crippen LogP contribution < -0.4 is 9.47 Å². The Morgan fingerprint density at radius 1 is 0.966 bits per heavy atom. The summed E-state index contributed by atoms with van der Waals surface area (Å²) in [6.45, 7) is 4.38. The van der Waals surface area contributed by atoms with Crippen molar-refractivity contribution in [3.05, 3.63) is 69.7 Å². The van der Waals surface area contributed by atoms with Crippen LogP contribution in [0.4, 0.5) is 5.69 Å². The van der Waals surface area contributed by atoms with E-state index in [0.29, 0.717) is 5.89 Å². The summed E-state index contributed by atoms with van der Waals surface area (Å²) in [6, 6.07) is 15.8. The Morgan fingerprint density at radius 2 is 1.72 bits per heavy atom. The Balaban J connectivity index is 1.47. The number of aliphatic imine (C=N–C) groups is 1. The minimum absolute atomic E-state index is 0.244. The molecule has 0 radical (unpaired) electrons. The van der Waals surface area contributed by atoms with Gasteiger partial charge in [0.2, 0.25) is 12.7 Å². The summed E-state index contributed by atoms with van der Waals surface area (Å²) in [7, 11) is 0. The second-order valence-corrected chi connectivity index (χ2v) is 7.89. The molecule has 0 unspecified atom stereocenters. The van der Waals surface area contributed by atoms with Crippen molar-refractivity contribution in [2.24, 2.45) is 4.99 Å². The van der Waals surface area contributed by atoms with E-state index in [1.165, 1.54) is 11.1 Å². The minimum atomic E-state index is 0.244. The Labute approximate surface area is 176 Å². The molecule has 0 saturated carbocycles. The number of aromatic nitrogens is 1. The summed E-state index contributed by atoms with van der Waals surface area (Å²) >= 11 is 3.55. The quantitative estimate of drug-likeness (QED) is 0.342. The highest BCUT2D eigenvalue weighted by molar-refractivity contribution is 9.10. The molecule has 4 aromatic rings. The molecule has 0 spiro atoms. The number of benzene rings is 3. The molecule has 0 bridgehead atoms. The fraction of sp³-hybridized carbons (Fsp3) is 0.130. The lowest BCUT2D eigenvalue weighted by atomic mass is 10.1. The minimum Gasteiger partial charge on any atom is -0.454 e. The zero-order valence-corrected chi connectivity index (χ0v) is 17.5. The number of aryl methyl sites for hydroxylation is 2. The van der Waals surface area contributed by atoms with Crippen LogP contribution in [0.5, 0.6) is 11.5 Å². The number of hydrogen-bond donors (Lipinski definition) is 0. The summed E-state index contributed by atoms with van der Waals surface area (Å²) < 4.78 is 17.7. The van der Waals surface area contributed by atoms with Gasteiger partial charge in [0.05, 0.1) is 5.69 Å². The summed E-state index contributed by atoms with van der Waals surface area (Å²) in [5, 5.41) is 0. The standard InChI is InChI=1S/C23H17BrN2O3/c1-13-5-14(2)7-15(6-13)23-26-19-9-17(3-4-20(19)29-23)25-11-16-8-21-22(10-18(16)24)28-12-27-21/h3-11H,12H2,1-2H3. The van der Waals surface area contributed by atoms with E-state index in [-0.39, 0.29) is 6.79 Å². The highest BCUT2D eigenvalue weighted by Crippen LogP contribution is 2.36. The summed E-state index contributed by atoms with van der Waals surface area (Å²) in [4.78, 5) is 9.25. The molecule has 5 rings (SSSR count). The monoisotopic (exact) mass is 448 g/mol. The molecule has 2 heterocycles. The molecule has 0 atom stereocenters. The second kappa shape index (κ2) is 7.04. The number of ether oxygens (including phenoxy) is 2. The van der Waals surface area contributed by atoms with Gasteiger partial charge in [0.1, 0.15) is 5.52 Å². The molecule has 1 aliphatic heterocycles. The SMILES string of the molecule is Cc1cc(C)cc(-c2nc3cc(N=Cc4cc5c(cc4Br)OCO5)ccc3o2)c1. The third kappa shape index (κ3) is 3.51. The van der Waals surface area contributed by atoms with Crippen LogP contribution in [0.2, 0.25) is 0 Å². The number of fused-ring (bicyclic) bond motifs is 2. The Bertz CT molecular complexity index is 1260. The van der Waals surface area contributed by atoms with Crippen LogP contribution >= 0.6 is 15.9 Å². The molecule has 1 aromatic heterocycles. The molecule has 6 heteroatoms.